The topological polar surface area (TPSA) is 76.7 Å². The van der Waals surface area contributed by atoms with Gasteiger partial charge in [-0.1, -0.05) is 6.07 Å². The Bertz CT molecular complexity index is 824. The third-order valence-electron chi connectivity index (χ3n) is 5.66. The highest BCUT2D eigenvalue weighted by atomic mass is 16.5. The van der Waals surface area contributed by atoms with Gasteiger partial charge in [-0.3, -0.25) is 10.00 Å². The van der Waals surface area contributed by atoms with Crippen LogP contribution in [0.2, 0.25) is 0 Å². The normalized spacial score (nSPS) is 18.9. The van der Waals surface area contributed by atoms with Crippen LogP contribution in [0.3, 0.4) is 0 Å². The molecule has 1 N–H and O–H groups in total. The van der Waals surface area contributed by atoms with Gasteiger partial charge in [0.25, 0.3) is 0 Å². The van der Waals surface area contributed by atoms with Crippen LogP contribution in [0.5, 0.6) is 5.75 Å². The van der Waals surface area contributed by atoms with Crippen LogP contribution in [0.1, 0.15) is 40.0 Å². The summed E-state index contributed by atoms with van der Waals surface area (Å²) in [7, 11) is 2.94. The Morgan fingerprint density at radius 2 is 2.15 bits per heavy atom. The lowest BCUT2D eigenvalue weighted by molar-refractivity contribution is -0.102. The molecule has 0 amide bonds. The number of hydrogen-bond acceptors (Lipinski definition) is 6. The Morgan fingerprint density at radius 3 is 2.89 bits per heavy atom. The number of aromatic nitrogens is 2. The van der Waals surface area contributed by atoms with Crippen molar-refractivity contribution in [2.24, 2.45) is 0 Å². The highest BCUT2D eigenvalue weighted by Crippen LogP contribution is 2.40. The van der Waals surface area contributed by atoms with Crippen molar-refractivity contribution in [1.29, 1.82) is 0 Å². The van der Waals surface area contributed by atoms with Crippen LogP contribution >= 0.6 is 0 Å². The molecule has 27 heavy (non-hydrogen) atoms. The van der Waals surface area contributed by atoms with E-state index in [1.807, 2.05) is 24.4 Å². The number of ether oxygens (including phenoxy) is 3. The van der Waals surface area contributed by atoms with Crippen LogP contribution in [0, 0.1) is 0 Å². The van der Waals surface area contributed by atoms with Crippen molar-refractivity contribution < 1.29 is 19.0 Å². The van der Waals surface area contributed by atoms with E-state index in [0.717, 1.165) is 56.8 Å². The highest BCUT2D eigenvalue weighted by Gasteiger charge is 2.42. The molecule has 0 unspecified atom stereocenters. The number of carbonyl (C=O) groups excluding carboxylic acids is 1. The molecule has 2 aliphatic rings. The first kappa shape index (κ1) is 18.0. The Labute approximate surface area is 158 Å². The lowest BCUT2D eigenvalue weighted by Gasteiger charge is -2.43. The standard InChI is InChI=1S/C20H25N3O4/c1-25-17-4-3-14(11-16(17)19(24)26-2)13-23-8-6-20(7-9-23)18-15(5-10-27-20)12-21-22-18/h3-4,11-12H,5-10,13H2,1-2H3,(H,21,22). The molecule has 144 valence electrons. The second-order valence-corrected chi connectivity index (χ2v) is 7.17. The number of hydrogen-bond donors (Lipinski definition) is 1. The Hall–Kier alpha value is -2.38. The maximum absolute atomic E-state index is 12.0. The zero-order valence-electron chi connectivity index (χ0n) is 15.8. The predicted octanol–water partition coefficient (Wildman–Crippen LogP) is 2.27. The molecule has 1 aromatic heterocycles. The maximum Gasteiger partial charge on any atom is 0.341 e. The van der Waals surface area contributed by atoms with Gasteiger partial charge in [0.1, 0.15) is 16.9 Å². The van der Waals surface area contributed by atoms with Crippen LogP contribution in [-0.2, 0) is 28.0 Å². The van der Waals surface area contributed by atoms with Gasteiger partial charge < -0.3 is 14.2 Å². The highest BCUT2D eigenvalue weighted by molar-refractivity contribution is 5.92. The van der Waals surface area contributed by atoms with Gasteiger partial charge in [-0.2, -0.15) is 5.10 Å². The van der Waals surface area contributed by atoms with E-state index in [1.165, 1.54) is 12.7 Å². The van der Waals surface area contributed by atoms with Crippen molar-refractivity contribution in [3.8, 4) is 5.75 Å². The second kappa shape index (κ2) is 7.32. The Kier molecular flexibility index (Phi) is 4.88. The summed E-state index contributed by atoms with van der Waals surface area (Å²) < 4.78 is 16.3. The number of fused-ring (bicyclic) bond motifs is 2. The Balaban J connectivity index is 1.45. The van der Waals surface area contributed by atoms with Crippen LogP contribution in [0.4, 0.5) is 0 Å². The van der Waals surface area contributed by atoms with Crippen LogP contribution in [-0.4, -0.2) is 55.0 Å². The van der Waals surface area contributed by atoms with E-state index in [2.05, 4.69) is 15.1 Å². The van der Waals surface area contributed by atoms with Crippen LogP contribution in [0.15, 0.2) is 24.4 Å². The first-order chi connectivity index (χ1) is 13.1. The number of nitrogens with zero attached hydrogens (tertiary/aromatic N) is 2. The summed E-state index contributed by atoms with van der Waals surface area (Å²) in [6, 6.07) is 5.69. The summed E-state index contributed by atoms with van der Waals surface area (Å²) in [5.74, 6) is 0.152. The first-order valence-electron chi connectivity index (χ1n) is 9.29. The number of esters is 1. The number of benzene rings is 1. The summed E-state index contributed by atoms with van der Waals surface area (Å²) in [6.45, 7) is 3.39. The number of likely N-dealkylation sites (tertiary alicyclic amines) is 1. The first-order valence-corrected chi connectivity index (χ1v) is 9.29. The number of methoxy groups -OCH3 is 2. The van der Waals surface area contributed by atoms with Gasteiger partial charge in [0.15, 0.2) is 0 Å². The third kappa shape index (κ3) is 3.33. The fourth-order valence-electron chi connectivity index (χ4n) is 4.17. The summed E-state index contributed by atoms with van der Waals surface area (Å²) in [5.41, 5.74) is 3.75. The molecule has 0 aliphatic carbocycles. The molecule has 0 bridgehead atoms. The molecule has 0 radical (unpaired) electrons. The largest absolute Gasteiger partial charge is 0.496 e. The molecule has 1 aromatic carbocycles. The molecule has 1 saturated heterocycles. The van der Waals surface area contributed by atoms with Gasteiger partial charge in [0.2, 0.25) is 0 Å². The second-order valence-electron chi connectivity index (χ2n) is 7.17. The van der Waals surface area contributed by atoms with Crippen LogP contribution < -0.4 is 4.74 Å². The zero-order chi connectivity index (χ0) is 18.9. The minimum absolute atomic E-state index is 0.225. The summed E-state index contributed by atoms with van der Waals surface area (Å²) in [5, 5.41) is 7.38. The van der Waals surface area contributed by atoms with Crippen molar-refractivity contribution in [1.82, 2.24) is 15.1 Å². The molecule has 2 aliphatic heterocycles. The summed E-state index contributed by atoms with van der Waals surface area (Å²) >= 11 is 0. The number of piperidine rings is 1. The third-order valence-corrected chi connectivity index (χ3v) is 5.66. The van der Waals surface area contributed by atoms with Gasteiger partial charge in [-0.25, -0.2) is 4.79 Å². The monoisotopic (exact) mass is 371 g/mol. The van der Waals surface area contributed by atoms with Gasteiger partial charge in [0, 0.05) is 19.6 Å². The van der Waals surface area contributed by atoms with Gasteiger partial charge in [0.05, 0.1) is 32.7 Å². The van der Waals surface area contributed by atoms with E-state index < -0.39 is 0 Å². The molecule has 1 fully saturated rings. The van der Waals surface area contributed by atoms with E-state index >= 15 is 0 Å². The molecule has 0 saturated carbocycles. The maximum atomic E-state index is 12.0. The summed E-state index contributed by atoms with van der Waals surface area (Å²) in [6.07, 6.45) is 4.72. The average Bonchev–Trinajstić information content (AvgIpc) is 3.20. The zero-order valence-corrected chi connectivity index (χ0v) is 15.8. The quantitative estimate of drug-likeness (QED) is 0.831. The molecule has 1 spiro atoms. The summed E-state index contributed by atoms with van der Waals surface area (Å²) in [4.78, 5) is 14.4. The fraction of sp³-hybridized carbons (Fsp3) is 0.500. The molecular weight excluding hydrogens is 346 g/mol. The van der Waals surface area contributed by atoms with Crippen molar-refractivity contribution in [3.05, 3.63) is 46.8 Å². The van der Waals surface area contributed by atoms with E-state index in [-0.39, 0.29) is 11.6 Å². The SMILES string of the molecule is COC(=O)c1cc(CN2CCC3(CC2)OCCc2cn[nH]c23)ccc1OC. The number of aromatic amines is 1. The number of nitrogens with one attached hydrogen (secondary N) is 1. The molecule has 4 rings (SSSR count). The molecule has 7 nitrogen and oxygen atoms in total. The van der Waals surface area contributed by atoms with Crippen molar-refractivity contribution in [2.75, 3.05) is 33.9 Å². The molecule has 0 atom stereocenters. The lowest BCUT2D eigenvalue weighted by Crippen LogP contribution is -2.46. The lowest BCUT2D eigenvalue weighted by atomic mass is 9.83. The molecule has 7 heteroatoms. The fourth-order valence-corrected chi connectivity index (χ4v) is 4.17. The number of rotatable bonds is 4. The number of carbonyl (C=O) groups is 1. The van der Waals surface area contributed by atoms with Gasteiger partial charge in [-0.15, -0.1) is 0 Å². The van der Waals surface area contributed by atoms with Gasteiger partial charge >= 0.3 is 5.97 Å². The van der Waals surface area contributed by atoms with E-state index in [1.54, 1.807) is 7.11 Å². The molecular formula is C20H25N3O4. The Morgan fingerprint density at radius 1 is 1.33 bits per heavy atom. The van der Waals surface area contributed by atoms with Crippen LogP contribution in [0.25, 0.3) is 0 Å². The molecule has 2 aromatic rings. The minimum atomic E-state index is -0.381. The molecule has 3 heterocycles. The van der Waals surface area contributed by atoms with Crippen molar-refractivity contribution >= 4 is 5.97 Å². The van der Waals surface area contributed by atoms with Crippen molar-refractivity contribution in [2.45, 2.75) is 31.4 Å². The van der Waals surface area contributed by atoms with Crippen molar-refractivity contribution in [3.63, 3.8) is 0 Å². The predicted molar refractivity (Wildman–Crippen MR) is 98.8 cm³/mol. The average molecular weight is 371 g/mol. The number of H-pyrrole nitrogens is 1. The minimum Gasteiger partial charge on any atom is -0.496 e. The van der Waals surface area contributed by atoms with E-state index in [0.29, 0.717) is 11.3 Å². The van der Waals surface area contributed by atoms with E-state index in [4.69, 9.17) is 14.2 Å². The van der Waals surface area contributed by atoms with E-state index in [9.17, 15) is 4.79 Å². The van der Waals surface area contributed by atoms with Gasteiger partial charge in [-0.05, 0) is 42.5 Å². The smallest absolute Gasteiger partial charge is 0.341 e.